The molecule has 0 amide bonds. The summed E-state index contributed by atoms with van der Waals surface area (Å²) in [6, 6.07) is 17.3. The molecule has 0 aliphatic carbocycles. The lowest BCUT2D eigenvalue weighted by molar-refractivity contribution is 0.224. The smallest absolute Gasteiger partial charge is 0.0718 e. The second kappa shape index (κ2) is 9.59. The molecule has 1 unspecified atom stereocenters. The van der Waals surface area contributed by atoms with Gasteiger partial charge in [-0.2, -0.15) is 5.26 Å². The maximum atomic E-state index is 9.66. The largest absolute Gasteiger partial charge is 0.303 e. The van der Waals surface area contributed by atoms with Crippen LogP contribution in [0.25, 0.3) is 10.8 Å². The highest BCUT2D eigenvalue weighted by molar-refractivity contribution is 5.86. The van der Waals surface area contributed by atoms with Crippen molar-refractivity contribution < 1.29 is 0 Å². The lowest BCUT2D eigenvalue weighted by Gasteiger charge is -2.26. The maximum absolute atomic E-state index is 9.66. The Morgan fingerprint density at radius 3 is 2.48 bits per heavy atom. The van der Waals surface area contributed by atoms with Gasteiger partial charge in [-0.3, -0.25) is 0 Å². The van der Waals surface area contributed by atoms with Crippen LogP contribution in [0.3, 0.4) is 0 Å². The minimum Gasteiger partial charge on any atom is -0.303 e. The Labute approximate surface area is 152 Å². The van der Waals surface area contributed by atoms with E-state index >= 15 is 0 Å². The van der Waals surface area contributed by atoms with E-state index in [9.17, 15) is 5.26 Å². The fourth-order valence-electron chi connectivity index (χ4n) is 4.06. The average molecular weight is 335 g/mol. The Hall–Kier alpha value is -1.85. The first-order chi connectivity index (χ1) is 12.4. The van der Waals surface area contributed by atoms with E-state index in [1.165, 1.54) is 74.5 Å². The van der Waals surface area contributed by atoms with E-state index in [1.54, 1.807) is 0 Å². The van der Waals surface area contributed by atoms with Crippen LogP contribution in [0.15, 0.2) is 42.5 Å². The minimum absolute atomic E-state index is 0.0215. The van der Waals surface area contributed by atoms with Crippen molar-refractivity contribution in [3.63, 3.8) is 0 Å². The molecule has 2 nitrogen and oxygen atoms in total. The predicted octanol–water partition coefficient (Wildman–Crippen LogP) is 5.88. The molecule has 1 heterocycles. The van der Waals surface area contributed by atoms with E-state index in [1.807, 2.05) is 0 Å². The normalized spacial score (nSPS) is 16.6. The zero-order chi connectivity index (χ0) is 17.3. The molecule has 0 N–H and O–H groups in total. The standard InChI is InChI=1S/C23H30N2/c24-19-21(23-15-10-13-20-11-5-6-14-22(20)23)12-4-1-2-7-16-25-17-8-3-9-18-25/h5-6,10-11,13-15,21H,1-4,7-9,12,16-18H2. The monoisotopic (exact) mass is 334 g/mol. The van der Waals surface area contributed by atoms with Crippen LogP contribution in [0.2, 0.25) is 0 Å². The zero-order valence-electron chi connectivity index (χ0n) is 15.3. The molecule has 0 spiro atoms. The molecule has 2 aromatic carbocycles. The number of benzene rings is 2. The van der Waals surface area contributed by atoms with Crippen molar-refractivity contribution >= 4 is 10.8 Å². The third-order valence-electron chi connectivity index (χ3n) is 5.52. The summed E-state index contributed by atoms with van der Waals surface area (Å²) in [6.07, 6.45) is 10.2. The zero-order valence-corrected chi connectivity index (χ0v) is 15.3. The molecule has 25 heavy (non-hydrogen) atoms. The molecular weight excluding hydrogens is 304 g/mol. The highest BCUT2D eigenvalue weighted by Crippen LogP contribution is 2.29. The van der Waals surface area contributed by atoms with Crippen LogP contribution in [-0.2, 0) is 0 Å². The topological polar surface area (TPSA) is 27.0 Å². The Morgan fingerprint density at radius 2 is 1.64 bits per heavy atom. The maximum Gasteiger partial charge on any atom is 0.0718 e. The van der Waals surface area contributed by atoms with Gasteiger partial charge >= 0.3 is 0 Å². The number of hydrogen-bond donors (Lipinski definition) is 0. The molecule has 1 saturated heterocycles. The van der Waals surface area contributed by atoms with Crippen LogP contribution in [-0.4, -0.2) is 24.5 Å². The Bertz CT molecular complexity index is 689. The molecule has 0 bridgehead atoms. The van der Waals surface area contributed by atoms with Crippen LogP contribution >= 0.6 is 0 Å². The van der Waals surface area contributed by atoms with Gasteiger partial charge in [0.25, 0.3) is 0 Å². The molecule has 2 aromatic rings. The predicted molar refractivity (Wildman–Crippen MR) is 106 cm³/mol. The first kappa shape index (κ1) is 18.0. The molecule has 1 aliphatic rings. The number of piperidine rings is 1. The van der Waals surface area contributed by atoms with E-state index in [4.69, 9.17) is 0 Å². The van der Waals surface area contributed by atoms with Gasteiger partial charge in [-0.05, 0) is 61.7 Å². The van der Waals surface area contributed by atoms with E-state index in [-0.39, 0.29) is 5.92 Å². The number of hydrogen-bond acceptors (Lipinski definition) is 2. The van der Waals surface area contributed by atoms with Crippen molar-refractivity contribution in [2.24, 2.45) is 0 Å². The molecule has 0 radical (unpaired) electrons. The molecule has 2 heteroatoms. The van der Waals surface area contributed by atoms with Crippen molar-refractivity contribution in [1.82, 2.24) is 4.90 Å². The van der Waals surface area contributed by atoms with Crippen molar-refractivity contribution in [3.05, 3.63) is 48.0 Å². The molecular formula is C23H30N2. The third kappa shape index (κ3) is 5.06. The molecule has 1 atom stereocenters. The van der Waals surface area contributed by atoms with Crippen molar-refractivity contribution in [3.8, 4) is 6.07 Å². The first-order valence-corrected chi connectivity index (χ1v) is 9.98. The fourth-order valence-corrected chi connectivity index (χ4v) is 4.06. The quantitative estimate of drug-likeness (QED) is 0.563. The van der Waals surface area contributed by atoms with E-state index in [0.29, 0.717) is 0 Å². The summed E-state index contributed by atoms with van der Waals surface area (Å²) < 4.78 is 0. The summed E-state index contributed by atoms with van der Waals surface area (Å²) in [6.45, 7) is 3.88. The molecule has 3 rings (SSSR count). The summed E-state index contributed by atoms with van der Waals surface area (Å²) >= 11 is 0. The SMILES string of the molecule is N#CC(CCCCCCN1CCCCC1)c1cccc2ccccc12. The number of nitriles is 1. The average Bonchev–Trinajstić information content (AvgIpc) is 2.68. The van der Waals surface area contributed by atoms with Crippen LogP contribution in [0.5, 0.6) is 0 Å². The molecule has 0 aromatic heterocycles. The highest BCUT2D eigenvalue weighted by atomic mass is 15.1. The summed E-state index contributed by atoms with van der Waals surface area (Å²) in [7, 11) is 0. The lowest BCUT2D eigenvalue weighted by atomic mass is 9.90. The van der Waals surface area contributed by atoms with E-state index in [2.05, 4.69) is 53.4 Å². The molecule has 0 saturated carbocycles. The molecule has 132 valence electrons. The number of fused-ring (bicyclic) bond motifs is 1. The van der Waals surface area contributed by atoms with E-state index in [0.717, 1.165) is 12.8 Å². The number of rotatable bonds is 8. The highest BCUT2D eigenvalue weighted by Gasteiger charge is 2.13. The van der Waals surface area contributed by atoms with Crippen molar-refractivity contribution in [1.29, 1.82) is 5.26 Å². The minimum atomic E-state index is 0.0215. The Kier molecular flexibility index (Phi) is 6.89. The summed E-state index contributed by atoms with van der Waals surface area (Å²) in [4.78, 5) is 2.62. The second-order valence-electron chi connectivity index (χ2n) is 7.36. The van der Waals surface area contributed by atoms with Gasteiger partial charge in [-0.25, -0.2) is 0 Å². The van der Waals surface area contributed by atoms with Gasteiger partial charge < -0.3 is 4.90 Å². The van der Waals surface area contributed by atoms with Gasteiger partial charge in [0.15, 0.2) is 0 Å². The summed E-state index contributed by atoms with van der Waals surface area (Å²) in [5.74, 6) is 0.0215. The van der Waals surface area contributed by atoms with Gasteiger partial charge in [0, 0.05) is 0 Å². The van der Waals surface area contributed by atoms with E-state index < -0.39 is 0 Å². The van der Waals surface area contributed by atoms with Gasteiger partial charge in [0.1, 0.15) is 0 Å². The molecule has 1 aliphatic heterocycles. The van der Waals surface area contributed by atoms with Crippen LogP contribution in [0.1, 0.15) is 62.8 Å². The van der Waals surface area contributed by atoms with Gasteiger partial charge in [-0.1, -0.05) is 68.1 Å². The summed E-state index contributed by atoms with van der Waals surface area (Å²) in [5.41, 5.74) is 1.20. The summed E-state index contributed by atoms with van der Waals surface area (Å²) in [5, 5.41) is 12.1. The van der Waals surface area contributed by atoms with Crippen LogP contribution < -0.4 is 0 Å². The third-order valence-corrected chi connectivity index (χ3v) is 5.52. The van der Waals surface area contributed by atoms with Gasteiger partial charge in [0.05, 0.1) is 12.0 Å². The molecule has 1 fully saturated rings. The van der Waals surface area contributed by atoms with Crippen molar-refractivity contribution in [2.45, 2.75) is 57.3 Å². The number of unbranched alkanes of at least 4 members (excludes halogenated alkanes) is 3. The van der Waals surface area contributed by atoms with Crippen molar-refractivity contribution in [2.75, 3.05) is 19.6 Å². The number of nitrogens with zero attached hydrogens (tertiary/aromatic N) is 2. The van der Waals surface area contributed by atoms with Gasteiger partial charge in [-0.15, -0.1) is 0 Å². The Balaban J connectivity index is 1.44. The van der Waals surface area contributed by atoms with Gasteiger partial charge in [0.2, 0.25) is 0 Å². The second-order valence-corrected chi connectivity index (χ2v) is 7.36. The van der Waals surface area contributed by atoms with Crippen LogP contribution in [0, 0.1) is 11.3 Å². The Morgan fingerprint density at radius 1 is 0.880 bits per heavy atom. The van der Waals surface area contributed by atoms with Crippen LogP contribution in [0.4, 0.5) is 0 Å². The first-order valence-electron chi connectivity index (χ1n) is 9.98. The lowest BCUT2D eigenvalue weighted by Crippen LogP contribution is -2.30. The number of likely N-dealkylation sites (tertiary alicyclic amines) is 1. The fraction of sp³-hybridized carbons (Fsp3) is 0.522.